The van der Waals surface area contributed by atoms with Crippen molar-refractivity contribution in [1.29, 1.82) is 0 Å². The van der Waals surface area contributed by atoms with Crippen LogP contribution in [0.5, 0.6) is 0 Å². The summed E-state index contributed by atoms with van der Waals surface area (Å²) in [6, 6.07) is 5.32. The molecule has 0 fully saturated rings. The van der Waals surface area contributed by atoms with E-state index in [9.17, 15) is 10.2 Å². The third-order valence-electron chi connectivity index (χ3n) is 2.09. The molecule has 1 aliphatic rings. The van der Waals surface area contributed by atoms with Crippen molar-refractivity contribution >= 4 is 11.8 Å². The van der Waals surface area contributed by atoms with E-state index < -0.39 is 11.5 Å². The van der Waals surface area contributed by atoms with Crippen molar-refractivity contribution in [2.75, 3.05) is 0 Å². The zero-order valence-electron chi connectivity index (χ0n) is 6.84. The van der Waals surface area contributed by atoms with Crippen LogP contribution < -0.4 is 0 Å². The first-order chi connectivity index (χ1) is 6.22. The van der Waals surface area contributed by atoms with Gasteiger partial charge >= 0.3 is 0 Å². The van der Waals surface area contributed by atoms with Crippen LogP contribution in [0.4, 0.5) is 0 Å². The molecule has 2 unspecified atom stereocenters. The smallest absolute Gasteiger partial charge is 0.134 e. The minimum Gasteiger partial charge on any atom is -0.392 e. The van der Waals surface area contributed by atoms with Gasteiger partial charge in [0.25, 0.3) is 0 Å². The molecule has 3 nitrogen and oxygen atoms in total. The van der Waals surface area contributed by atoms with Gasteiger partial charge in [0.1, 0.15) is 11.5 Å². The van der Waals surface area contributed by atoms with E-state index in [0.717, 1.165) is 10.5 Å². The fraction of sp³-hybridized carbons (Fsp3) is 0.333. The molecule has 1 heterocycles. The maximum absolute atomic E-state index is 9.52. The minimum atomic E-state index is -0.827. The first-order valence-corrected chi connectivity index (χ1v) is 4.87. The Labute approximate surface area is 80.0 Å². The molecule has 0 saturated carbocycles. The second-order valence-corrected chi connectivity index (χ2v) is 4.14. The van der Waals surface area contributed by atoms with Crippen molar-refractivity contribution in [3.8, 4) is 0 Å². The molecule has 2 atom stereocenters. The van der Waals surface area contributed by atoms with Crippen LogP contribution in [0.2, 0.25) is 0 Å². The Morgan fingerprint density at radius 3 is 2.77 bits per heavy atom. The van der Waals surface area contributed by atoms with E-state index in [1.165, 1.54) is 11.8 Å². The topological polar surface area (TPSA) is 60.7 Å². The van der Waals surface area contributed by atoms with Crippen LogP contribution in [0.15, 0.2) is 23.1 Å². The fourth-order valence-electron chi connectivity index (χ4n) is 1.38. The standard InChI is InChI=1S/C9H10O3S/c10-4-5-1-2-7-6(3-5)8(11)9(12)13-7/h1-3,8-12H,4H2. The summed E-state index contributed by atoms with van der Waals surface area (Å²) >= 11 is 1.24. The largest absolute Gasteiger partial charge is 0.392 e. The number of thioether (sulfide) groups is 1. The van der Waals surface area contributed by atoms with Gasteiger partial charge in [-0.25, -0.2) is 0 Å². The first kappa shape index (κ1) is 9.02. The van der Waals surface area contributed by atoms with Crippen LogP contribution in [0.1, 0.15) is 17.2 Å². The van der Waals surface area contributed by atoms with Crippen LogP contribution >= 0.6 is 11.8 Å². The number of hydrogen-bond acceptors (Lipinski definition) is 4. The summed E-state index contributed by atoms with van der Waals surface area (Å²) in [4.78, 5) is 0.886. The van der Waals surface area contributed by atoms with Gasteiger partial charge in [-0.2, -0.15) is 0 Å². The molecule has 4 heteroatoms. The van der Waals surface area contributed by atoms with E-state index in [4.69, 9.17) is 5.11 Å². The van der Waals surface area contributed by atoms with Crippen LogP contribution in [-0.2, 0) is 6.61 Å². The number of rotatable bonds is 1. The van der Waals surface area contributed by atoms with E-state index in [1.54, 1.807) is 12.1 Å². The third kappa shape index (κ3) is 1.46. The van der Waals surface area contributed by atoms with Gasteiger partial charge in [-0.15, -0.1) is 0 Å². The quantitative estimate of drug-likeness (QED) is 0.619. The maximum atomic E-state index is 9.52. The Morgan fingerprint density at radius 2 is 2.08 bits per heavy atom. The normalized spacial score (nSPS) is 26.1. The third-order valence-corrected chi connectivity index (χ3v) is 3.22. The number of hydrogen-bond donors (Lipinski definition) is 3. The lowest BCUT2D eigenvalue weighted by molar-refractivity contribution is 0.0771. The maximum Gasteiger partial charge on any atom is 0.134 e. The average molecular weight is 198 g/mol. The number of aliphatic hydroxyl groups is 3. The SMILES string of the molecule is OCc1ccc2c(c1)C(O)C(O)S2. The molecular weight excluding hydrogens is 188 g/mol. The van der Waals surface area contributed by atoms with Crippen molar-refractivity contribution < 1.29 is 15.3 Å². The zero-order chi connectivity index (χ0) is 9.42. The molecule has 3 N–H and O–H groups in total. The fourth-order valence-corrected chi connectivity index (χ4v) is 2.38. The van der Waals surface area contributed by atoms with E-state index in [1.807, 2.05) is 6.07 Å². The van der Waals surface area contributed by atoms with Crippen molar-refractivity contribution in [3.63, 3.8) is 0 Å². The molecule has 1 aliphatic heterocycles. The van der Waals surface area contributed by atoms with E-state index in [0.29, 0.717) is 5.56 Å². The highest BCUT2D eigenvalue weighted by molar-refractivity contribution is 8.00. The number of fused-ring (bicyclic) bond motifs is 1. The summed E-state index contributed by atoms with van der Waals surface area (Å²) in [6.07, 6.45) is -0.827. The van der Waals surface area contributed by atoms with Gasteiger partial charge < -0.3 is 15.3 Å². The Balaban J connectivity index is 2.42. The second-order valence-electron chi connectivity index (χ2n) is 2.98. The lowest BCUT2D eigenvalue weighted by Crippen LogP contribution is -2.07. The first-order valence-electron chi connectivity index (χ1n) is 3.99. The number of benzene rings is 1. The minimum absolute atomic E-state index is 0.0409. The summed E-state index contributed by atoms with van der Waals surface area (Å²) in [5, 5.41) is 27.7. The van der Waals surface area contributed by atoms with Crippen molar-refractivity contribution in [1.82, 2.24) is 0 Å². The van der Waals surface area contributed by atoms with Crippen molar-refractivity contribution in [2.45, 2.75) is 23.0 Å². The highest BCUT2D eigenvalue weighted by atomic mass is 32.2. The van der Waals surface area contributed by atoms with Gasteiger partial charge in [0.15, 0.2) is 0 Å². The summed E-state index contributed by atoms with van der Waals surface area (Å²) in [6.45, 7) is -0.0409. The second kappa shape index (κ2) is 3.31. The molecule has 0 aromatic heterocycles. The Morgan fingerprint density at radius 1 is 1.31 bits per heavy atom. The van der Waals surface area contributed by atoms with Gasteiger partial charge in [-0.05, 0) is 23.3 Å². The van der Waals surface area contributed by atoms with Gasteiger partial charge in [-0.1, -0.05) is 17.8 Å². The Bertz CT molecular complexity index is 327. The molecule has 0 saturated heterocycles. The molecule has 0 amide bonds. The summed E-state index contributed by atoms with van der Waals surface area (Å²) in [5.74, 6) is 0. The van der Waals surface area contributed by atoms with Crippen molar-refractivity contribution in [3.05, 3.63) is 29.3 Å². The zero-order valence-corrected chi connectivity index (χ0v) is 7.66. The molecular formula is C9H10O3S. The van der Waals surface area contributed by atoms with Gasteiger partial charge in [0.2, 0.25) is 0 Å². The molecule has 2 rings (SSSR count). The highest BCUT2D eigenvalue weighted by Crippen LogP contribution is 2.42. The van der Waals surface area contributed by atoms with E-state index in [-0.39, 0.29) is 6.61 Å². The number of aliphatic hydroxyl groups excluding tert-OH is 3. The highest BCUT2D eigenvalue weighted by Gasteiger charge is 2.29. The lowest BCUT2D eigenvalue weighted by Gasteiger charge is -2.06. The van der Waals surface area contributed by atoms with Crippen LogP contribution in [-0.4, -0.2) is 20.8 Å². The molecule has 1 aromatic carbocycles. The van der Waals surface area contributed by atoms with Crippen LogP contribution in [0.25, 0.3) is 0 Å². The average Bonchev–Trinajstić information content (AvgIpc) is 2.43. The molecule has 0 spiro atoms. The van der Waals surface area contributed by atoms with Gasteiger partial charge in [-0.3, -0.25) is 0 Å². The molecule has 13 heavy (non-hydrogen) atoms. The van der Waals surface area contributed by atoms with Gasteiger partial charge in [0, 0.05) is 4.90 Å². The molecule has 0 bridgehead atoms. The van der Waals surface area contributed by atoms with E-state index >= 15 is 0 Å². The van der Waals surface area contributed by atoms with Crippen LogP contribution in [0, 0.1) is 0 Å². The summed E-state index contributed by atoms with van der Waals surface area (Å²) in [7, 11) is 0. The molecule has 1 aromatic rings. The predicted octanol–water partition coefficient (Wildman–Crippen LogP) is 0.636. The Hall–Kier alpha value is -0.550. The van der Waals surface area contributed by atoms with Crippen LogP contribution in [0.3, 0.4) is 0 Å². The summed E-state index contributed by atoms with van der Waals surface area (Å²) in [5.41, 5.74) is 0.695. The molecule has 0 aliphatic carbocycles. The van der Waals surface area contributed by atoms with E-state index in [2.05, 4.69) is 0 Å². The predicted molar refractivity (Wildman–Crippen MR) is 49.2 cm³/mol. The lowest BCUT2D eigenvalue weighted by atomic mass is 10.1. The Kier molecular flexibility index (Phi) is 2.29. The van der Waals surface area contributed by atoms with Gasteiger partial charge in [0.05, 0.1) is 6.61 Å². The molecule has 70 valence electrons. The summed E-state index contributed by atoms with van der Waals surface area (Å²) < 4.78 is 0. The van der Waals surface area contributed by atoms with Crippen molar-refractivity contribution in [2.24, 2.45) is 0 Å². The monoisotopic (exact) mass is 198 g/mol. The molecule has 0 radical (unpaired) electrons.